The van der Waals surface area contributed by atoms with Gasteiger partial charge < -0.3 is 15.8 Å². The van der Waals surface area contributed by atoms with Crippen LogP contribution in [0.3, 0.4) is 0 Å². The largest absolute Gasteiger partial charge is 0.494 e. The molecule has 3 N–H and O–H groups in total. The van der Waals surface area contributed by atoms with E-state index in [1.807, 2.05) is 26.0 Å². The molecule has 5 rings (SSSR count). The van der Waals surface area contributed by atoms with Crippen molar-refractivity contribution in [1.82, 2.24) is 10.2 Å². The molecule has 0 bridgehead atoms. The number of amides is 1. The zero-order chi connectivity index (χ0) is 29.3. The molecule has 0 saturated heterocycles. The number of aromatic nitrogens is 2. The van der Waals surface area contributed by atoms with Gasteiger partial charge in [0.05, 0.1) is 29.9 Å². The van der Waals surface area contributed by atoms with E-state index in [1.54, 1.807) is 40.5 Å². The van der Waals surface area contributed by atoms with Gasteiger partial charge in [-0.05, 0) is 62.1 Å². The minimum atomic E-state index is -0.499. The van der Waals surface area contributed by atoms with Gasteiger partial charge in [-0.2, -0.15) is 5.26 Å². The van der Waals surface area contributed by atoms with Gasteiger partial charge >= 0.3 is 0 Å². The number of Topliss-reactive ketones (excluding diaryl/α,β-unsaturated/α-hetero) is 1. The maximum atomic E-state index is 13.6. The van der Waals surface area contributed by atoms with Crippen LogP contribution in [0.25, 0.3) is 0 Å². The van der Waals surface area contributed by atoms with Crippen LogP contribution in [0.5, 0.6) is 5.75 Å². The second-order valence-corrected chi connectivity index (χ2v) is 14.1. The highest BCUT2D eigenvalue weighted by Gasteiger charge is 2.45. The summed E-state index contributed by atoms with van der Waals surface area (Å²) in [6.07, 6.45) is 0.987. The van der Waals surface area contributed by atoms with E-state index >= 15 is 0 Å². The molecular formula is C29H30N6O3S3. The zero-order valence-corrected chi connectivity index (χ0v) is 25.6. The first-order valence-corrected chi connectivity index (χ1v) is 15.7. The maximum Gasteiger partial charge on any atom is 0.234 e. The lowest BCUT2D eigenvalue weighted by atomic mass is 9.70. The SMILES string of the molecule is CCOc1ccc(NC(=O)CSc2nnc(N3C(N)=C(C#N)C(c4ccc(C)s4)C4=C3CC(C)(C)CC4=O)s2)cc1. The second-order valence-electron chi connectivity index (χ2n) is 10.6. The Balaban J connectivity index is 1.40. The molecule has 2 aromatic heterocycles. The molecule has 0 spiro atoms. The summed E-state index contributed by atoms with van der Waals surface area (Å²) in [5, 5.41) is 22.2. The Morgan fingerprint density at radius 2 is 1.98 bits per heavy atom. The maximum absolute atomic E-state index is 13.6. The van der Waals surface area contributed by atoms with Gasteiger partial charge in [-0.1, -0.05) is 36.9 Å². The van der Waals surface area contributed by atoms with Gasteiger partial charge in [-0.15, -0.1) is 21.5 Å². The van der Waals surface area contributed by atoms with Crippen LogP contribution in [-0.2, 0) is 9.59 Å². The average molecular weight is 607 g/mol. The highest BCUT2D eigenvalue weighted by Crippen LogP contribution is 2.51. The Kier molecular flexibility index (Phi) is 8.22. The molecule has 0 saturated carbocycles. The fourth-order valence-corrected chi connectivity index (χ4v) is 7.78. The highest BCUT2D eigenvalue weighted by atomic mass is 32.2. The van der Waals surface area contributed by atoms with E-state index in [2.05, 4.69) is 35.4 Å². The van der Waals surface area contributed by atoms with Crippen LogP contribution in [0.15, 0.2) is 63.4 Å². The normalized spacial score (nSPS) is 18.3. The topological polar surface area (TPSA) is 134 Å². The average Bonchev–Trinajstić information content (AvgIpc) is 3.56. The number of thiophene rings is 1. The number of carbonyl (C=O) groups excluding carboxylic acids is 2. The molecule has 12 heteroatoms. The minimum Gasteiger partial charge on any atom is -0.494 e. The van der Waals surface area contributed by atoms with Crippen LogP contribution < -0.4 is 20.7 Å². The first-order chi connectivity index (χ1) is 19.6. The van der Waals surface area contributed by atoms with Crippen LogP contribution in [0.2, 0.25) is 0 Å². The minimum absolute atomic E-state index is 0.0163. The van der Waals surface area contributed by atoms with Gasteiger partial charge in [0.25, 0.3) is 0 Å². The summed E-state index contributed by atoms with van der Waals surface area (Å²) in [7, 11) is 0. The number of carbonyl (C=O) groups is 2. The molecule has 1 aliphatic heterocycles. The number of thioether (sulfide) groups is 1. The molecule has 212 valence electrons. The van der Waals surface area contributed by atoms with Gasteiger partial charge in [0.2, 0.25) is 11.0 Å². The second kappa shape index (κ2) is 11.7. The molecule has 41 heavy (non-hydrogen) atoms. The number of nitriles is 1. The van der Waals surface area contributed by atoms with Crippen molar-refractivity contribution >= 4 is 56.9 Å². The number of ether oxygens (including phenoxy) is 1. The summed E-state index contributed by atoms with van der Waals surface area (Å²) in [5.41, 5.74) is 8.78. The monoisotopic (exact) mass is 606 g/mol. The van der Waals surface area contributed by atoms with Crippen LogP contribution in [0.1, 0.15) is 49.3 Å². The van der Waals surface area contributed by atoms with Gasteiger partial charge in [0.1, 0.15) is 11.6 Å². The number of nitrogens with two attached hydrogens (primary N) is 1. The molecule has 0 fully saturated rings. The van der Waals surface area contributed by atoms with E-state index in [0.717, 1.165) is 21.2 Å². The van der Waals surface area contributed by atoms with Crippen molar-refractivity contribution in [2.45, 2.75) is 50.8 Å². The third-order valence-corrected chi connectivity index (χ3v) is 9.90. The molecule has 3 aromatic rings. The number of hydrogen-bond donors (Lipinski definition) is 2. The Hall–Kier alpha value is -3.66. The predicted molar refractivity (Wildman–Crippen MR) is 163 cm³/mol. The molecule has 2 aliphatic rings. The fraction of sp³-hybridized carbons (Fsp3) is 0.345. The molecule has 1 aliphatic carbocycles. The lowest BCUT2D eigenvalue weighted by molar-refractivity contribution is -0.118. The standard InChI is InChI=1S/C29H30N6O3S3/c1-5-38-18-9-7-17(8-10-18)32-23(37)15-39-28-34-33-27(41-28)35-20-12-29(3,4)13-21(36)25(20)24(19(14-30)26(35)31)22-11-6-16(2)40-22/h6-11,24H,5,12-13,15,31H2,1-4H3,(H,32,37). The van der Waals surface area contributed by atoms with E-state index in [4.69, 9.17) is 10.5 Å². The number of ketones is 1. The molecule has 1 unspecified atom stereocenters. The Bertz CT molecular complexity index is 1600. The number of anilines is 2. The van der Waals surface area contributed by atoms with Crippen molar-refractivity contribution in [2.24, 2.45) is 11.1 Å². The van der Waals surface area contributed by atoms with Crippen LogP contribution in [0.4, 0.5) is 10.8 Å². The Morgan fingerprint density at radius 1 is 1.22 bits per heavy atom. The van der Waals surface area contributed by atoms with E-state index in [-0.39, 0.29) is 28.7 Å². The summed E-state index contributed by atoms with van der Waals surface area (Å²) in [6.45, 7) is 8.60. The quantitative estimate of drug-likeness (QED) is 0.297. The Morgan fingerprint density at radius 3 is 2.63 bits per heavy atom. The number of benzene rings is 1. The number of rotatable bonds is 8. The van der Waals surface area contributed by atoms with Crippen molar-refractivity contribution in [3.63, 3.8) is 0 Å². The molecule has 1 atom stereocenters. The zero-order valence-electron chi connectivity index (χ0n) is 23.2. The van der Waals surface area contributed by atoms with Crippen molar-refractivity contribution in [3.8, 4) is 11.8 Å². The summed E-state index contributed by atoms with van der Waals surface area (Å²) < 4.78 is 6.02. The number of allylic oxidation sites excluding steroid dienone is 3. The molecule has 1 aromatic carbocycles. The molecule has 0 radical (unpaired) electrons. The van der Waals surface area contributed by atoms with Crippen molar-refractivity contribution < 1.29 is 14.3 Å². The lowest BCUT2D eigenvalue weighted by Gasteiger charge is -2.42. The van der Waals surface area contributed by atoms with Crippen molar-refractivity contribution in [1.29, 1.82) is 5.26 Å². The molecular weight excluding hydrogens is 577 g/mol. The van der Waals surface area contributed by atoms with E-state index in [0.29, 0.717) is 45.8 Å². The first-order valence-electron chi connectivity index (χ1n) is 13.1. The van der Waals surface area contributed by atoms with Gasteiger partial charge in [-0.25, -0.2) is 0 Å². The van der Waals surface area contributed by atoms with Crippen LogP contribution in [-0.4, -0.2) is 34.2 Å². The van der Waals surface area contributed by atoms with Gasteiger partial charge in [0.15, 0.2) is 10.1 Å². The van der Waals surface area contributed by atoms with Crippen LogP contribution in [0, 0.1) is 23.7 Å². The van der Waals surface area contributed by atoms with E-state index in [1.165, 1.54) is 23.1 Å². The summed E-state index contributed by atoms with van der Waals surface area (Å²) >= 11 is 4.10. The number of aryl methyl sites for hydroxylation is 1. The lowest BCUT2D eigenvalue weighted by Crippen LogP contribution is -2.42. The molecule has 1 amide bonds. The van der Waals surface area contributed by atoms with Crippen molar-refractivity contribution in [2.75, 3.05) is 22.6 Å². The highest BCUT2D eigenvalue weighted by molar-refractivity contribution is 8.01. The summed E-state index contributed by atoms with van der Waals surface area (Å²) in [4.78, 5) is 30.0. The fourth-order valence-electron chi connectivity index (χ4n) is 5.10. The van der Waals surface area contributed by atoms with Crippen LogP contribution >= 0.6 is 34.4 Å². The third-order valence-electron chi connectivity index (χ3n) is 6.79. The summed E-state index contributed by atoms with van der Waals surface area (Å²) in [6, 6.07) is 13.4. The smallest absolute Gasteiger partial charge is 0.234 e. The van der Waals surface area contributed by atoms with Crippen molar-refractivity contribution in [3.05, 3.63) is 68.8 Å². The number of hydrogen-bond acceptors (Lipinski definition) is 11. The van der Waals surface area contributed by atoms with E-state index < -0.39 is 5.92 Å². The third kappa shape index (κ3) is 6.02. The Labute approximate surface area is 251 Å². The number of nitrogens with one attached hydrogen (secondary N) is 1. The first kappa shape index (κ1) is 28.9. The molecule has 3 heterocycles. The summed E-state index contributed by atoms with van der Waals surface area (Å²) in [5.74, 6) is 0.470. The number of nitrogens with zero attached hydrogens (tertiary/aromatic N) is 4. The van der Waals surface area contributed by atoms with Gasteiger partial charge in [-0.3, -0.25) is 14.5 Å². The molecule has 9 nitrogen and oxygen atoms in total. The van der Waals surface area contributed by atoms with Gasteiger partial charge in [0, 0.05) is 33.1 Å². The van der Waals surface area contributed by atoms with E-state index in [9.17, 15) is 14.9 Å². The predicted octanol–water partition coefficient (Wildman–Crippen LogP) is 5.98.